The van der Waals surface area contributed by atoms with Gasteiger partial charge in [0.05, 0.1) is 12.2 Å². The second-order valence-electron chi connectivity index (χ2n) is 9.22. The molecule has 4 rings (SSSR count). The lowest BCUT2D eigenvalue weighted by Crippen LogP contribution is -2.43. The predicted octanol–water partition coefficient (Wildman–Crippen LogP) is 5.99. The number of benzene rings is 1. The maximum absolute atomic E-state index is 8.72. The van der Waals surface area contributed by atoms with Crippen LogP contribution in [0.2, 0.25) is 0 Å². The molecule has 166 valence electrons. The van der Waals surface area contributed by atoms with Crippen molar-refractivity contribution >= 4 is 17.4 Å². The molecule has 1 saturated carbocycles. The summed E-state index contributed by atoms with van der Waals surface area (Å²) in [6, 6.07) is 12.4. The van der Waals surface area contributed by atoms with Crippen molar-refractivity contribution in [2.45, 2.75) is 65.3 Å². The molecule has 1 fully saturated rings. The minimum absolute atomic E-state index is 0.312. The highest BCUT2D eigenvalue weighted by molar-refractivity contribution is 6.19. The molecule has 5 nitrogen and oxygen atoms in total. The van der Waals surface area contributed by atoms with Gasteiger partial charge in [0, 0.05) is 24.4 Å². The first kappa shape index (κ1) is 23.1. The van der Waals surface area contributed by atoms with Crippen LogP contribution in [0, 0.1) is 23.7 Å². The lowest BCUT2D eigenvalue weighted by Gasteiger charge is -2.32. The van der Waals surface area contributed by atoms with E-state index < -0.39 is 0 Å². The van der Waals surface area contributed by atoms with Crippen LogP contribution in [0.4, 0.5) is 5.69 Å². The predicted molar refractivity (Wildman–Crippen MR) is 130 cm³/mol. The van der Waals surface area contributed by atoms with Gasteiger partial charge >= 0.3 is 0 Å². The number of aryl methyl sites for hydroxylation is 1. The highest BCUT2D eigenvalue weighted by Gasteiger charge is 2.30. The van der Waals surface area contributed by atoms with Gasteiger partial charge in [0.2, 0.25) is 0 Å². The number of fused-ring (bicyclic) bond motifs is 1. The molecule has 1 aromatic heterocycles. The number of pyridine rings is 1. The van der Waals surface area contributed by atoms with Crippen molar-refractivity contribution in [3.63, 3.8) is 0 Å². The molecule has 2 aliphatic rings. The molecule has 1 aliphatic heterocycles. The zero-order chi connectivity index (χ0) is 22.4. The van der Waals surface area contributed by atoms with Gasteiger partial charge in [-0.25, -0.2) is 0 Å². The van der Waals surface area contributed by atoms with Crippen molar-refractivity contribution in [3.8, 4) is 0 Å². The van der Waals surface area contributed by atoms with Crippen LogP contribution in [0.5, 0.6) is 0 Å². The van der Waals surface area contributed by atoms with E-state index in [1.807, 2.05) is 36.3 Å². The maximum atomic E-state index is 8.72. The molecular formula is C26H37N5. The van der Waals surface area contributed by atoms with Crippen LogP contribution < -0.4 is 4.90 Å². The summed E-state index contributed by atoms with van der Waals surface area (Å²) in [6.45, 7) is 7.83. The molecule has 0 saturated heterocycles. The first-order chi connectivity index (χ1) is 14.9. The minimum Gasteiger partial charge on any atom is -0.295 e. The number of amidine groups is 2. The molecule has 2 aromatic rings. The van der Waals surface area contributed by atoms with E-state index >= 15 is 0 Å². The fraction of sp³-hybridized carbons (Fsp3) is 0.500. The summed E-state index contributed by atoms with van der Waals surface area (Å²) in [5.74, 6) is 2.02. The zero-order valence-electron chi connectivity index (χ0n) is 19.5. The number of likely N-dealkylation sites (N-methyl/N-ethyl adjacent to an activating group) is 1. The van der Waals surface area contributed by atoms with Crippen molar-refractivity contribution in [1.82, 2.24) is 9.88 Å². The molecule has 0 amide bonds. The monoisotopic (exact) mass is 419 g/mol. The van der Waals surface area contributed by atoms with Gasteiger partial charge in [-0.2, -0.15) is 0 Å². The molecule has 0 bridgehead atoms. The smallest absolute Gasteiger partial charge is 0.120 e. The largest absolute Gasteiger partial charge is 0.295 e. The number of nitrogens with one attached hydrogen (secondary N) is 2. The Morgan fingerprint density at radius 3 is 2.42 bits per heavy atom. The van der Waals surface area contributed by atoms with Gasteiger partial charge in [0.25, 0.3) is 0 Å². The van der Waals surface area contributed by atoms with Crippen LogP contribution in [0.1, 0.15) is 68.7 Å². The molecule has 5 heteroatoms. The van der Waals surface area contributed by atoms with Crippen molar-refractivity contribution in [3.05, 3.63) is 59.4 Å². The second kappa shape index (κ2) is 10.7. The van der Waals surface area contributed by atoms with E-state index in [1.165, 1.54) is 30.4 Å². The molecule has 1 aromatic carbocycles. The first-order valence-corrected chi connectivity index (χ1v) is 11.5. The maximum Gasteiger partial charge on any atom is 0.120 e. The number of hydrogen-bond donors (Lipinski definition) is 2. The van der Waals surface area contributed by atoms with Crippen LogP contribution in [-0.2, 0) is 6.54 Å². The molecule has 2 N–H and O–H groups in total. The molecule has 0 unspecified atom stereocenters. The molecule has 0 radical (unpaired) electrons. The standard InChI is InChI=1S/C18H26N4.C8H11N/c1-13-8-9-16-15(10-13)11-21(2)12-17(19)22(16)18(20)14-6-4-3-5-7-14;1-7(2)8-5-3-4-6-9-8/h8-10,14,19-20H,3-7,11-12H2,1-2H3;3-7H,1-2H3. The number of rotatable bonds is 2. The van der Waals surface area contributed by atoms with Gasteiger partial charge in [-0.1, -0.05) is 56.9 Å². The van der Waals surface area contributed by atoms with Crippen LogP contribution in [-0.4, -0.2) is 35.1 Å². The van der Waals surface area contributed by atoms with E-state index in [4.69, 9.17) is 10.8 Å². The average Bonchev–Trinajstić information content (AvgIpc) is 2.88. The minimum atomic E-state index is 0.312. The Kier molecular flexibility index (Phi) is 7.97. The van der Waals surface area contributed by atoms with E-state index in [2.05, 4.69) is 48.9 Å². The van der Waals surface area contributed by atoms with Crippen molar-refractivity contribution in [1.29, 1.82) is 10.8 Å². The van der Waals surface area contributed by atoms with E-state index in [-0.39, 0.29) is 0 Å². The van der Waals surface area contributed by atoms with Crippen molar-refractivity contribution in [2.75, 3.05) is 18.5 Å². The van der Waals surface area contributed by atoms with Crippen LogP contribution in [0.15, 0.2) is 42.6 Å². The lowest BCUT2D eigenvalue weighted by atomic mass is 9.87. The van der Waals surface area contributed by atoms with Crippen LogP contribution in [0.25, 0.3) is 0 Å². The van der Waals surface area contributed by atoms with E-state index in [0.717, 1.165) is 30.8 Å². The molecule has 31 heavy (non-hydrogen) atoms. The highest BCUT2D eigenvalue weighted by Crippen LogP contribution is 2.32. The van der Waals surface area contributed by atoms with Gasteiger partial charge in [-0.3, -0.25) is 25.6 Å². The second-order valence-corrected chi connectivity index (χ2v) is 9.22. The summed E-state index contributed by atoms with van der Waals surface area (Å²) in [5.41, 5.74) is 4.67. The summed E-state index contributed by atoms with van der Waals surface area (Å²) < 4.78 is 0. The van der Waals surface area contributed by atoms with Gasteiger partial charge in [0.15, 0.2) is 0 Å². The number of aromatic nitrogens is 1. The average molecular weight is 420 g/mol. The normalized spacial score (nSPS) is 17.6. The summed E-state index contributed by atoms with van der Waals surface area (Å²) in [4.78, 5) is 8.25. The Hall–Kier alpha value is -2.53. The Bertz CT molecular complexity index is 884. The molecule has 1 aliphatic carbocycles. The fourth-order valence-electron chi connectivity index (χ4n) is 4.43. The Balaban J connectivity index is 0.000000254. The van der Waals surface area contributed by atoms with Gasteiger partial charge < -0.3 is 0 Å². The SMILES string of the molecule is CC(C)c1ccccn1.Cc1ccc2c(c1)CN(C)CC(=N)N2C(=N)C1CCCCC1. The van der Waals surface area contributed by atoms with Crippen molar-refractivity contribution < 1.29 is 0 Å². The summed E-state index contributed by atoms with van der Waals surface area (Å²) in [5, 5.41) is 17.2. The van der Waals surface area contributed by atoms with Gasteiger partial charge in [0.1, 0.15) is 11.7 Å². The lowest BCUT2D eigenvalue weighted by molar-refractivity contribution is 0.376. The van der Waals surface area contributed by atoms with E-state index in [9.17, 15) is 0 Å². The quantitative estimate of drug-likeness (QED) is 0.464. The summed E-state index contributed by atoms with van der Waals surface area (Å²) in [6.07, 6.45) is 7.75. The third kappa shape index (κ3) is 6.01. The molecule has 0 spiro atoms. The van der Waals surface area contributed by atoms with Gasteiger partial charge in [-0.15, -0.1) is 0 Å². The Morgan fingerprint density at radius 1 is 1.06 bits per heavy atom. The topological polar surface area (TPSA) is 67.1 Å². The van der Waals surface area contributed by atoms with Crippen molar-refractivity contribution in [2.24, 2.45) is 5.92 Å². The number of hydrogen-bond acceptors (Lipinski definition) is 4. The Labute approximate surface area is 187 Å². The van der Waals surface area contributed by atoms with Crippen LogP contribution >= 0.6 is 0 Å². The third-order valence-corrected chi connectivity index (χ3v) is 6.12. The van der Waals surface area contributed by atoms with Crippen LogP contribution in [0.3, 0.4) is 0 Å². The summed E-state index contributed by atoms with van der Waals surface area (Å²) >= 11 is 0. The highest BCUT2D eigenvalue weighted by atomic mass is 15.3. The van der Waals surface area contributed by atoms with E-state index in [0.29, 0.717) is 30.1 Å². The fourth-order valence-corrected chi connectivity index (χ4v) is 4.43. The zero-order valence-corrected chi connectivity index (χ0v) is 19.5. The molecule has 2 heterocycles. The molecule has 0 atom stereocenters. The third-order valence-electron chi connectivity index (χ3n) is 6.12. The number of anilines is 1. The number of nitrogens with zero attached hydrogens (tertiary/aromatic N) is 3. The van der Waals surface area contributed by atoms with Gasteiger partial charge in [-0.05, 0) is 56.5 Å². The van der Waals surface area contributed by atoms with E-state index in [1.54, 1.807) is 0 Å². The Morgan fingerprint density at radius 2 is 1.81 bits per heavy atom. The molecular weight excluding hydrogens is 382 g/mol. The summed E-state index contributed by atoms with van der Waals surface area (Å²) in [7, 11) is 2.05. The first-order valence-electron chi connectivity index (χ1n) is 11.5.